The Bertz CT molecular complexity index is 618. The molecule has 3 rings (SSSR count). The molecule has 2 aromatic rings. The quantitative estimate of drug-likeness (QED) is 0.784. The summed E-state index contributed by atoms with van der Waals surface area (Å²) in [6.45, 7) is 3.23. The largest absolute Gasteiger partial charge is 0.486 e. The highest BCUT2D eigenvalue weighted by atomic mass is 35.5. The van der Waals surface area contributed by atoms with Gasteiger partial charge in [-0.05, 0) is 36.8 Å². The molecule has 0 saturated carbocycles. The number of nitrogens with zero attached hydrogens (tertiary/aromatic N) is 1. The molecule has 2 heterocycles. The summed E-state index contributed by atoms with van der Waals surface area (Å²) in [5.74, 6) is 1.61. The highest BCUT2D eigenvalue weighted by Gasteiger charge is 2.12. The molecule has 1 aromatic carbocycles. The number of hydrogen-bond donors (Lipinski definition) is 0. The van der Waals surface area contributed by atoms with E-state index in [0.717, 1.165) is 26.9 Å². The molecule has 1 aliphatic heterocycles. The zero-order valence-electron chi connectivity index (χ0n) is 10.4. The van der Waals surface area contributed by atoms with Crippen LogP contribution in [0.4, 0.5) is 0 Å². The predicted molar refractivity (Wildman–Crippen MR) is 75.5 cm³/mol. The molecule has 0 fully saturated rings. The summed E-state index contributed by atoms with van der Waals surface area (Å²) >= 11 is 7.57. The van der Waals surface area contributed by atoms with Gasteiger partial charge in [-0.2, -0.15) is 0 Å². The van der Waals surface area contributed by atoms with Crippen molar-refractivity contribution in [1.29, 1.82) is 0 Å². The van der Waals surface area contributed by atoms with Gasteiger partial charge in [-0.3, -0.25) is 0 Å². The van der Waals surface area contributed by atoms with Crippen LogP contribution in [0.3, 0.4) is 0 Å². The van der Waals surface area contributed by atoms with Gasteiger partial charge in [0.1, 0.15) is 18.4 Å². The lowest BCUT2D eigenvalue weighted by atomic mass is 10.3. The molecule has 0 spiro atoms. The number of benzene rings is 1. The van der Waals surface area contributed by atoms with E-state index < -0.39 is 0 Å². The Labute approximate surface area is 120 Å². The molecule has 0 bridgehead atoms. The first-order chi connectivity index (χ1) is 9.22. The summed E-state index contributed by atoms with van der Waals surface area (Å²) in [4.78, 5) is 6.25. The zero-order chi connectivity index (χ0) is 13.2. The lowest BCUT2D eigenvalue weighted by Gasteiger charge is -2.18. The second-order valence-electron chi connectivity index (χ2n) is 4.18. The number of fused-ring (bicyclic) bond motifs is 1. The third-order valence-corrected chi connectivity index (χ3v) is 4.12. The first-order valence-electron chi connectivity index (χ1n) is 5.92. The van der Waals surface area contributed by atoms with E-state index >= 15 is 0 Å². The summed E-state index contributed by atoms with van der Waals surface area (Å²) in [5.41, 5.74) is 1.10. The molecular formula is C14H12ClNO2S. The molecule has 0 saturated heterocycles. The third kappa shape index (κ3) is 2.80. The van der Waals surface area contributed by atoms with Crippen LogP contribution in [0, 0.1) is 6.92 Å². The second-order valence-corrected chi connectivity index (χ2v) is 5.68. The molecule has 0 unspecified atom stereocenters. The van der Waals surface area contributed by atoms with Crippen LogP contribution in [0.25, 0.3) is 0 Å². The number of aryl methyl sites for hydroxylation is 1. The average Bonchev–Trinajstić information content (AvgIpc) is 2.43. The Morgan fingerprint density at radius 2 is 1.95 bits per heavy atom. The predicted octanol–water partition coefficient (Wildman–Crippen LogP) is 3.97. The Morgan fingerprint density at radius 3 is 2.79 bits per heavy atom. The maximum Gasteiger partial charge on any atom is 0.162 e. The van der Waals surface area contributed by atoms with Crippen molar-refractivity contribution < 1.29 is 9.47 Å². The highest BCUT2D eigenvalue weighted by Crippen LogP contribution is 2.38. The van der Waals surface area contributed by atoms with Crippen molar-refractivity contribution in [1.82, 2.24) is 4.98 Å². The average molecular weight is 294 g/mol. The fourth-order valence-corrected chi connectivity index (χ4v) is 2.97. The van der Waals surface area contributed by atoms with Crippen molar-refractivity contribution in [2.24, 2.45) is 0 Å². The minimum Gasteiger partial charge on any atom is -0.486 e. The number of aromatic nitrogens is 1. The van der Waals surface area contributed by atoms with Gasteiger partial charge in [-0.15, -0.1) is 0 Å². The fraction of sp³-hybridized carbons (Fsp3) is 0.214. The standard InChI is InChI=1S/C14H12ClNO2S/c1-9-8-16-14(15)7-13(9)19-10-2-3-11-12(6-10)18-5-4-17-11/h2-3,6-8H,4-5H2,1H3. The summed E-state index contributed by atoms with van der Waals surface area (Å²) < 4.78 is 11.1. The SMILES string of the molecule is Cc1cnc(Cl)cc1Sc1ccc2c(c1)OCCO2. The van der Waals surface area contributed by atoms with Crippen LogP contribution >= 0.6 is 23.4 Å². The normalized spacial score (nSPS) is 13.4. The summed E-state index contributed by atoms with van der Waals surface area (Å²) in [7, 11) is 0. The lowest BCUT2D eigenvalue weighted by Crippen LogP contribution is -2.15. The first-order valence-corrected chi connectivity index (χ1v) is 7.11. The van der Waals surface area contributed by atoms with Crippen molar-refractivity contribution >= 4 is 23.4 Å². The molecule has 0 radical (unpaired) electrons. The maximum atomic E-state index is 5.93. The molecule has 0 atom stereocenters. The minimum atomic E-state index is 0.505. The molecule has 3 nitrogen and oxygen atoms in total. The maximum absolute atomic E-state index is 5.93. The van der Waals surface area contributed by atoms with Gasteiger partial charge in [0.05, 0.1) is 0 Å². The van der Waals surface area contributed by atoms with Gasteiger partial charge in [-0.1, -0.05) is 23.4 Å². The molecule has 1 aromatic heterocycles. The van der Waals surface area contributed by atoms with E-state index in [-0.39, 0.29) is 0 Å². The second kappa shape index (κ2) is 5.31. The van der Waals surface area contributed by atoms with Crippen molar-refractivity contribution in [3.05, 3.63) is 41.2 Å². The van der Waals surface area contributed by atoms with E-state index in [9.17, 15) is 0 Å². The van der Waals surface area contributed by atoms with Crippen LogP contribution in [-0.4, -0.2) is 18.2 Å². The van der Waals surface area contributed by atoms with Crippen LogP contribution in [0.5, 0.6) is 11.5 Å². The van der Waals surface area contributed by atoms with Gasteiger partial charge in [0.2, 0.25) is 0 Å². The number of halogens is 1. The van der Waals surface area contributed by atoms with E-state index in [1.165, 1.54) is 0 Å². The number of rotatable bonds is 2. The fourth-order valence-electron chi connectivity index (χ4n) is 1.81. The Morgan fingerprint density at radius 1 is 1.16 bits per heavy atom. The molecule has 0 amide bonds. The van der Waals surface area contributed by atoms with E-state index in [4.69, 9.17) is 21.1 Å². The van der Waals surface area contributed by atoms with Crippen LogP contribution in [0.15, 0.2) is 40.3 Å². The molecule has 98 valence electrons. The number of pyridine rings is 1. The molecule has 19 heavy (non-hydrogen) atoms. The van der Waals surface area contributed by atoms with Crippen LogP contribution in [0.1, 0.15) is 5.56 Å². The topological polar surface area (TPSA) is 31.4 Å². The molecule has 0 aliphatic carbocycles. The number of hydrogen-bond acceptors (Lipinski definition) is 4. The molecular weight excluding hydrogens is 282 g/mol. The lowest BCUT2D eigenvalue weighted by molar-refractivity contribution is 0.171. The van der Waals surface area contributed by atoms with Gasteiger partial charge in [0.15, 0.2) is 11.5 Å². The summed E-state index contributed by atoms with van der Waals surface area (Å²) in [5, 5.41) is 0.505. The van der Waals surface area contributed by atoms with Gasteiger partial charge in [0.25, 0.3) is 0 Å². The van der Waals surface area contributed by atoms with E-state index in [2.05, 4.69) is 4.98 Å². The van der Waals surface area contributed by atoms with E-state index in [1.807, 2.05) is 31.2 Å². The minimum absolute atomic E-state index is 0.505. The van der Waals surface area contributed by atoms with E-state index in [0.29, 0.717) is 18.4 Å². The monoisotopic (exact) mass is 293 g/mol. The van der Waals surface area contributed by atoms with Crippen molar-refractivity contribution in [3.63, 3.8) is 0 Å². The smallest absolute Gasteiger partial charge is 0.162 e. The van der Waals surface area contributed by atoms with Crippen molar-refractivity contribution in [2.45, 2.75) is 16.7 Å². The first kappa shape index (κ1) is 12.6. The molecule has 1 aliphatic rings. The van der Waals surface area contributed by atoms with Crippen LogP contribution in [0.2, 0.25) is 5.15 Å². The Balaban J connectivity index is 1.89. The Kier molecular flexibility index (Phi) is 3.53. The van der Waals surface area contributed by atoms with Gasteiger partial charge in [0, 0.05) is 16.0 Å². The third-order valence-electron chi connectivity index (χ3n) is 2.76. The zero-order valence-corrected chi connectivity index (χ0v) is 11.9. The van der Waals surface area contributed by atoms with Crippen LogP contribution in [-0.2, 0) is 0 Å². The van der Waals surface area contributed by atoms with Gasteiger partial charge in [-0.25, -0.2) is 4.98 Å². The number of ether oxygens (including phenoxy) is 2. The van der Waals surface area contributed by atoms with Gasteiger partial charge < -0.3 is 9.47 Å². The van der Waals surface area contributed by atoms with E-state index in [1.54, 1.807) is 18.0 Å². The van der Waals surface area contributed by atoms with Crippen molar-refractivity contribution in [2.75, 3.05) is 13.2 Å². The Hall–Kier alpha value is -1.39. The molecule has 5 heteroatoms. The summed E-state index contributed by atoms with van der Waals surface area (Å²) in [6, 6.07) is 7.83. The van der Waals surface area contributed by atoms with Crippen LogP contribution < -0.4 is 9.47 Å². The summed E-state index contributed by atoms with van der Waals surface area (Å²) in [6.07, 6.45) is 1.78. The van der Waals surface area contributed by atoms with Gasteiger partial charge >= 0.3 is 0 Å². The highest BCUT2D eigenvalue weighted by molar-refractivity contribution is 7.99. The molecule has 0 N–H and O–H groups in total. The van der Waals surface area contributed by atoms with Crippen molar-refractivity contribution in [3.8, 4) is 11.5 Å².